The summed E-state index contributed by atoms with van der Waals surface area (Å²) >= 11 is 0. The molecule has 86 valence electrons. The Balaban J connectivity index is 4.82. The monoisotopic (exact) mass is 222 g/mol. The highest BCUT2D eigenvalue weighted by molar-refractivity contribution is 5.87. The molecule has 1 unspecified atom stereocenters. The van der Waals surface area contributed by atoms with Gasteiger partial charge in [-0.05, 0) is 6.92 Å². The van der Waals surface area contributed by atoms with E-state index in [1.54, 1.807) is 6.92 Å². The molecule has 0 aromatic rings. The quantitative estimate of drug-likeness (QED) is 0.402. The van der Waals surface area contributed by atoms with Crippen molar-refractivity contribution in [3.63, 3.8) is 0 Å². The SMILES string of the molecule is CCOC=C(C(=O)O)C(CC=O)C(F)F. The molecule has 1 atom stereocenters. The lowest BCUT2D eigenvalue weighted by Crippen LogP contribution is -2.20. The van der Waals surface area contributed by atoms with Gasteiger partial charge >= 0.3 is 5.97 Å². The molecule has 0 heterocycles. The smallest absolute Gasteiger partial charge is 0.335 e. The van der Waals surface area contributed by atoms with Gasteiger partial charge in [0.25, 0.3) is 0 Å². The largest absolute Gasteiger partial charge is 0.501 e. The van der Waals surface area contributed by atoms with Crippen LogP contribution in [-0.2, 0) is 14.3 Å². The number of aldehydes is 1. The number of hydrogen-bond acceptors (Lipinski definition) is 3. The van der Waals surface area contributed by atoms with E-state index in [0.717, 1.165) is 6.26 Å². The van der Waals surface area contributed by atoms with Crippen LogP contribution in [0.25, 0.3) is 0 Å². The van der Waals surface area contributed by atoms with Crippen LogP contribution in [0.3, 0.4) is 0 Å². The van der Waals surface area contributed by atoms with E-state index < -0.39 is 30.3 Å². The molecule has 0 amide bonds. The van der Waals surface area contributed by atoms with Crippen LogP contribution < -0.4 is 0 Å². The fraction of sp³-hybridized carbons (Fsp3) is 0.556. The van der Waals surface area contributed by atoms with Crippen LogP contribution >= 0.6 is 0 Å². The van der Waals surface area contributed by atoms with E-state index >= 15 is 0 Å². The first-order valence-corrected chi connectivity index (χ1v) is 4.31. The number of hydrogen-bond donors (Lipinski definition) is 1. The number of rotatable bonds is 7. The van der Waals surface area contributed by atoms with Crippen molar-refractivity contribution >= 4 is 12.3 Å². The van der Waals surface area contributed by atoms with Gasteiger partial charge in [0.2, 0.25) is 6.43 Å². The minimum Gasteiger partial charge on any atom is -0.501 e. The zero-order chi connectivity index (χ0) is 11.8. The third-order valence-electron chi connectivity index (χ3n) is 1.68. The van der Waals surface area contributed by atoms with Crippen LogP contribution in [0, 0.1) is 5.92 Å². The van der Waals surface area contributed by atoms with Gasteiger partial charge in [-0.25, -0.2) is 13.6 Å². The highest BCUT2D eigenvalue weighted by Gasteiger charge is 2.29. The van der Waals surface area contributed by atoms with Crippen LogP contribution in [-0.4, -0.2) is 30.4 Å². The van der Waals surface area contributed by atoms with E-state index in [1.807, 2.05) is 0 Å². The van der Waals surface area contributed by atoms with Crippen LogP contribution in [0.15, 0.2) is 11.8 Å². The second-order valence-electron chi connectivity index (χ2n) is 2.68. The van der Waals surface area contributed by atoms with Gasteiger partial charge < -0.3 is 14.6 Å². The van der Waals surface area contributed by atoms with Crippen molar-refractivity contribution in [3.8, 4) is 0 Å². The molecule has 4 nitrogen and oxygen atoms in total. The molecule has 0 spiro atoms. The van der Waals surface area contributed by atoms with Crippen LogP contribution in [0.2, 0.25) is 0 Å². The third kappa shape index (κ3) is 4.53. The number of carbonyl (C=O) groups is 2. The van der Waals surface area contributed by atoms with E-state index in [2.05, 4.69) is 4.74 Å². The van der Waals surface area contributed by atoms with Crippen LogP contribution in [0.5, 0.6) is 0 Å². The molecular weight excluding hydrogens is 210 g/mol. The standard InChI is InChI=1S/C9H12F2O4/c1-2-15-5-7(9(13)14)6(3-4-12)8(10)11/h4-6,8H,2-3H2,1H3,(H,13,14). The Morgan fingerprint density at radius 1 is 1.53 bits per heavy atom. The maximum absolute atomic E-state index is 12.4. The summed E-state index contributed by atoms with van der Waals surface area (Å²) in [5, 5.41) is 8.65. The number of carbonyl (C=O) groups excluding carboxylic acids is 1. The fourth-order valence-electron chi connectivity index (χ4n) is 0.939. The summed E-state index contributed by atoms with van der Waals surface area (Å²) in [6.45, 7) is 1.76. The average Bonchev–Trinajstić information content (AvgIpc) is 2.16. The first kappa shape index (κ1) is 13.5. The lowest BCUT2D eigenvalue weighted by Gasteiger charge is -2.13. The summed E-state index contributed by atoms with van der Waals surface area (Å²) in [4.78, 5) is 20.8. The Morgan fingerprint density at radius 2 is 2.13 bits per heavy atom. The van der Waals surface area contributed by atoms with Gasteiger partial charge in [-0.15, -0.1) is 0 Å². The fourth-order valence-corrected chi connectivity index (χ4v) is 0.939. The van der Waals surface area contributed by atoms with Gasteiger partial charge in [-0.3, -0.25) is 0 Å². The Kier molecular flexibility index (Phi) is 6.24. The molecule has 0 fully saturated rings. The minimum absolute atomic E-state index is 0.174. The lowest BCUT2D eigenvalue weighted by atomic mass is 9.98. The number of ether oxygens (including phenoxy) is 1. The van der Waals surface area contributed by atoms with Crippen molar-refractivity contribution < 1.29 is 28.2 Å². The molecule has 0 aromatic carbocycles. The molecule has 6 heteroatoms. The second-order valence-corrected chi connectivity index (χ2v) is 2.68. The zero-order valence-corrected chi connectivity index (χ0v) is 8.15. The first-order chi connectivity index (χ1) is 7.04. The third-order valence-corrected chi connectivity index (χ3v) is 1.68. The predicted octanol–water partition coefficient (Wildman–Crippen LogP) is 1.46. The summed E-state index contributed by atoms with van der Waals surface area (Å²) in [5.41, 5.74) is -0.584. The zero-order valence-electron chi connectivity index (χ0n) is 8.15. The summed E-state index contributed by atoms with van der Waals surface area (Å²) in [6, 6.07) is 0. The molecular formula is C9H12F2O4. The summed E-state index contributed by atoms with van der Waals surface area (Å²) in [7, 11) is 0. The predicted molar refractivity (Wildman–Crippen MR) is 47.5 cm³/mol. The summed E-state index contributed by atoms with van der Waals surface area (Å²) in [5.74, 6) is -3.12. The molecule has 0 aliphatic heterocycles. The topological polar surface area (TPSA) is 63.6 Å². The molecule has 0 bridgehead atoms. The van der Waals surface area contributed by atoms with E-state index in [9.17, 15) is 18.4 Å². The Labute approximate surface area is 85.5 Å². The number of aliphatic carboxylic acids is 1. The number of alkyl halides is 2. The maximum atomic E-state index is 12.4. The van der Waals surface area contributed by atoms with Crippen molar-refractivity contribution in [1.82, 2.24) is 0 Å². The first-order valence-electron chi connectivity index (χ1n) is 4.31. The van der Waals surface area contributed by atoms with Crippen molar-refractivity contribution in [2.75, 3.05) is 6.61 Å². The number of carboxylic acid groups (broad SMARTS) is 1. The minimum atomic E-state index is -2.90. The normalized spacial score (nSPS) is 13.7. The van der Waals surface area contributed by atoms with Gasteiger partial charge in [0.1, 0.15) is 6.29 Å². The molecule has 0 aliphatic rings. The lowest BCUT2D eigenvalue weighted by molar-refractivity contribution is -0.134. The number of halogens is 2. The highest BCUT2D eigenvalue weighted by Crippen LogP contribution is 2.22. The number of carboxylic acids is 1. The van der Waals surface area contributed by atoms with E-state index in [4.69, 9.17) is 5.11 Å². The van der Waals surface area contributed by atoms with Gasteiger partial charge in [-0.2, -0.15) is 0 Å². The maximum Gasteiger partial charge on any atom is 0.335 e. The highest BCUT2D eigenvalue weighted by atomic mass is 19.3. The Hall–Kier alpha value is -1.46. The van der Waals surface area contributed by atoms with Crippen molar-refractivity contribution in [2.24, 2.45) is 5.92 Å². The molecule has 0 radical (unpaired) electrons. The van der Waals surface area contributed by atoms with Crippen molar-refractivity contribution in [2.45, 2.75) is 19.8 Å². The Morgan fingerprint density at radius 3 is 2.47 bits per heavy atom. The van der Waals surface area contributed by atoms with Gasteiger partial charge in [0.15, 0.2) is 0 Å². The summed E-state index contributed by atoms with van der Waals surface area (Å²) in [6.07, 6.45) is -2.41. The Bertz CT molecular complexity index is 250. The van der Waals surface area contributed by atoms with E-state index in [-0.39, 0.29) is 12.9 Å². The molecule has 0 aliphatic carbocycles. The molecule has 0 rings (SSSR count). The van der Waals surface area contributed by atoms with E-state index in [1.165, 1.54) is 0 Å². The molecule has 15 heavy (non-hydrogen) atoms. The van der Waals surface area contributed by atoms with Gasteiger partial charge in [0.05, 0.1) is 24.4 Å². The molecule has 0 aromatic heterocycles. The molecule has 1 N–H and O–H groups in total. The van der Waals surface area contributed by atoms with Crippen LogP contribution in [0.1, 0.15) is 13.3 Å². The van der Waals surface area contributed by atoms with Gasteiger partial charge in [0, 0.05) is 6.42 Å². The van der Waals surface area contributed by atoms with E-state index in [0.29, 0.717) is 0 Å². The van der Waals surface area contributed by atoms with Crippen LogP contribution in [0.4, 0.5) is 8.78 Å². The molecule has 0 saturated heterocycles. The van der Waals surface area contributed by atoms with Crippen molar-refractivity contribution in [1.29, 1.82) is 0 Å². The van der Waals surface area contributed by atoms with Crippen molar-refractivity contribution in [3.05, 3.63) is 11.8 Å². The second kappa shape index (κ2) is 6.92. The summed E-state index contributed by atoms with van der Waals surface area (Å²) < 4.78 is 29.5. The average molecular weight is 222 g/mol. The van der Waals surface area contributed by atoms with Gasteiger partial charge in [-0.1, -0.05) is 0 Å². The molecule has 0 saturated carbocycles.